The Morgan fingerprint density at radius 3 is 1.23 bits per heavy atom. The quantitative estimate of drug-likeness (QED) is 0.514. The number of benzene rings is 2. The third kappa shape index (κ3) is 3.31. The topological polar surface area (TPSA) is 17.1 Å². The Balaban J connectivity index is 0. The fraction of sp³-hybridized carbons (Fsp3) is 0. The van der Waals surface area contributed by atoms with Gasteiger partial charge in [-0.05, 0) is 10.8 Å². The van der Waals surface area contributed by atoms with Crippen LogP contribution in [-0.4, -0.2) is 6.79 Å². The molecule has 0 saturated heterocycles. The van der Waals surface area contributed by atoms with Crippen molar-refractivity contribution in [2.24, 2.45) is 0 Å². The molecule has 2 rings (SSSR count). The van der Waals surface area contributed by atoms with E-state index >= 15 is 0 Å². The molecular weight excluding hydrogens is 171 g/mol. The van der Waals surface area contributed by atoms with Gasteiger partial charge in [0.1, 0.15) is 6.79 Å². The molecule has 0 fully saturated rings. The maximum absolute atomic E-state index is 8.00. The Morgan fingerprint density at radius 2 is 1.00 bits per heavy atom. The van der Waals surface area contributed by atoms with Crippen molar-refractivity contribution in [3.05, 3.63) is 48.5 Å². The smallest absolute Gasteiger partial charge is 1.00 e. The van der Waals surface area contributed by atoms with E-state index in [4.69, 9.17) is 4.79 Å². The molecule has 0 heterocycles. The molecule has 2 heteroatoms. The number of hydrogen-bond acceptors (Lipinski definition) is 1. The number of hydrogen-bond donors (Lipinski definition) is 0. The first-order valence-electron chi connectivity index (χ1n) is 3.69. The van der Waals surface area contributed by atoms with Crippen molar-refractivity contribution in [2.75, 3.05) is 0 Å². The van der Waals surface area contributed by atoms with E-state index in [1.54, 1.807) is 0 Å². The Morgan fingerprint density at radius 1 is 0.769 bits per heavy atom. The van der Waals surface area contributed by atoms with E-state index in [1.807, 2.05) is 6.79 Å². The fourth-order valence-electron chi connectivity index (χ4n) is 1.13. The average molecular weight is 182 g/mol. The van der Waals surface area contributed by atoms with Crippen LogP contribution >= 0.6 is 0 Å². The van der Waals surface area contributed by atoms with Crippen molar-refractivity contribution < 1.29 is 35.8 Å². The molecule has 0 aliphatic rings. The summed E-state index contributed by atoms with van der Waals surface area (Å²) in [6.07, 6.45) is 0. The fourth-order valence-corrected chi connectivity index (χ4v) is 1.13. The Hall–Kier alpha value is -0.630. The summed E-state index contributed by atoms with van der Waals surface area (Å²) in [6, 6.07) is 16.7. The molecule has 2 aromatic rings. The van der Waals surface area contributed by atoms with Crippen molar-refractivity contribution in [1.29, 1.82) is 0 Å². The summed E-state index contributed by atoms with van der Waals surface area (Å²) in [5.41, 5.74) is 0. The SMILES string of the molecule is C=O.[H-].[Na+].c1ccc2ccccc2c1. The average Bonchev–Trinajstić information content (AvgIpc) is 2.21. The van der Waals surface area contributed by atoms with Gasteiger partial charge in [0.25, 0.3) is 0 Å². The van der Waals surface area contributed by atoms with Crippen LogP contribution < -0.4 is 29.6 Å². The molecule has 0 aliphatic carbocycles. The first kappa shape index (κ1) is 12.4. The molecule has 0 aliphatic heterocycles. The van der Waals surface area contributed by atoms with E-state index in [2.05, 4.69) is 48.5 Å². The third-order valence-electron chi connectivity index (χ3n) is 1.66. The summed E-state index contributed by atoms with van der Waals surface area (Å²) in [4.78, 5) is 8.00. The van der Waals surface area contributed by atoms with Crippen LogP contribution in [0.3, 0.4) is 0 Å². The minimum Gasteiger partial charge on any atom is -1.00 e. The Labute approximate surface area is 102 Å². The molecule has 0 unspecified atom stereocenters. The molecule has 62 valence electrons. The number of rotatable bonds is 0. The second-order valence-corrected chi connectivity index (χ2v) is 2.35. The molecule has 13 heavy (non-hydrogen) atoms. The predicted octanol–water partition coefficient (Wildman–Crippen LogP) is -0.229. The molecular formula is C11H11NaO. The minimum absolute atomic E-state index is 0. The molecule has 1 nitrogen and oxygen atoms in total. The van der Waals surface area contributed by atoms with Crippen molar-refractivity contribution in [3.8, 4) is 0 Å². The predicted molar refractivity (Wildman–Crippen MR) is 52.2 cm³/mol. The molecule has 0 bridgehead atoms. The molecule has 0 amide bonds. The second kappa shape index (κ2) is 6.84. The summed E-state index contributed by atoms with van der Waals surface area (Å²) < 4.78 is 0. The van der Waals surface area contributed by atoms with Gasteiger partial charge in [0.2, 0.25) is 0 Å². The molecule has 0 aromatic heterocycles. The van der Waals surface area contributed by atoms with Gasteiger partial charge in [-0.3, -0.25) is 0 Å². The summed E-state index contributed by atoms with van der Waals surface area (Å²) in [5, 5.41) is 2.62. The van der Waals surface area contributed by atoms with Crippen LogP contribution in [0.15, 0.2) is 48.5 Å². The Kier molecular flexibility index (Phi) is 6.51. The van der Waals surface area contributed by atoms with Gasteiger partial charge in [-0.25, -0.2) is 0 Å². The summed E-state index contributed by atoms with van der Waals surface area (Å²) >= 11 is 0. The van der Waals surface area contributed by atoms with Crippen LogP contribution in [0.4, 0.5) is 0 Å². The van der Waals surface area contributed by atoms with Crippen molar-refractivity contribution in [1.82, 2.24) is 0 Å². The van der Waals surface area contributed by atoms with E-state index in [0.717, 1.165) is 0 Å². The van der Waals surface area contributed by atoms with Crippen LogP contribution in [-0.2, 0) is 4.79 Å². The zero-order valence-corrected chi connectivity index (χ0v) is 9.73. The minimum atomic E-state index is 0. The third-order valence-corrected chi connectivity index (χ3v) is 1.66. The molecule has 0 saturated carbocycles. The van der Waals surface area contributed by atoms with E-state index in [-0.39, 0.29) is 31.0 Å². The van der Waals surface area contributed by atoms with E-state index in [1.165, 1.54) is 10.8 Å². The monoisotopic (exact) mass is 182 g/mol. The van der Waals surface area contributed by atoms with Crippen molar-refractivity contribution in [3.63, 3.8) is 0 Å². The molecule has 2 aromatic carbocycles. The number of fused-ring (bicyclic) bond motifs is 1. The molecule has 0 spiro atoms. The first-order valence-corrected chi connectivity index (χ1v) is 3.69. The van der Waals surface area contributed by atoms with Gasteiger partial charge in [-0.15, -0.1) is 0 Å². The van der Waals surface area contributed by atoms with Gasteiger partial charge < -0.3 is 6.22 Å². The van der Waals surface area contributed by atoms with Crippen molar-refractivity contribution in [2.45, 2.75) is 0 Å². The van der Waals surface area contributed by atoms with Gasteiger partial charge in [0.05, 0.1) is 0 Å². The standard InChI is InChI=1S/C10H8.CH2O.Na.H/c1-2-6-10-8-4-3-7-9(10)5-1;1-2;;/h1-8H;1H2;;/q;;+1;-1. The second-order valence-electron chi connectivity index (χ2n) is 2.35. The normalized spacial score (nSPS) is 8.00. The Bertz CT molecular complexity index is 299. The maximum Gasteiger partial charge on any atom is 1.00 e. The molecule has 0 atom stereocenters. The molecule has 0 N–H and O–H groups in total. The maximum atomic E-state index is 8.00. The summed E-state index contributed by atoms with van der Waals surface area (Å²) in [6.45, 7) is 2.00. The van der Waals surface area contributed by atoms with E-state index in [0.29, 0.717) is 0 Å². The zero-order chi connectivity index (χ0) is 8.81. The number of carbonyl (C=O) groups is 1. The van der Waals surface area contributed by atoms with Gasteiger partial charge in [0, 0.05) is 0 Å². The number of carbonyl (C=O) groups excluding carboxylic acids is 1. The first-order chi connectivity index (χ1) is 5.97. The van der Waals surface area contributed by atoms with E-state index < -0.39 is 0 Å². The van der Waals surface area contributed by atoms with Crippen LogP contribution in [0.25, 0.3) is 10.8 Å². The summed E-state index contributed by atoms with van der Waals surface area (Å²) in [7, 11) is 0. The van der Waals surface area contributed by atoms with Gasteiger partial charge >= 0.3 is 29.6 Å². The van der Waals surface area contributed by atoms with Crippen LogP contribution in [0.2, 0.25) is 0 Å². The van der Waals surface area contributed by atoms with E-state index in [9.17, 15) is 0 Å². The van der Waals surface area contributed by atoms with Crippen LogP contribution in [0, 0.1) is 0 Å². The van der Waals surface area contributed by atoms with Crippen LogP contribution in [0.5, 0.6) is 0 Å². The summed E-state index contributed by atoms with van der Waals surface area (Å²) in [5.74, 6) is 0. The van der Waals surface area contributed by atoms with Crippen LogP contribution in [0.1, 0.15) is 1.43 Å². The van der Waals surface area contributed by atoms with Gasteiger partial charge in [0.15, 0.2) is 0 Å². The van der Waals surface area contributed by atoms with Gasteiger partial charge in [-0.1, -0.05) is 48.5 Å². The van der Waals surface area contributed by atoms with Gasteiger partial charge in [-0.2, -0.15) is 0 Å². The zero-order valence-electron chi connectivity index (χ0n) is 8.73. The largest absolute Gasteiger partial charge is 1.00 e. The molecule has 0 radical (unpaired) electrons. The van der Waals surface area contributed by atoms with Crippen molar-refractivity contribution >= 4 is 17.6 Å².